The van der Waals surface area contributed by atoms with Crippen molar-refractivity contribution in [2.24, 2.45) is 0 Å². The second kappa shape index (κ2) is 27.6. The summed E-state index contributed by atoms with van der Waals surface area (Å²) >= 11 is 0. The molecule has 0 aliphatic carbocycles. The molecule has 170 valence electrons. The molecule has 0 N–H and O–H groups in total. The van der Waals surface area contributed by atoms with Crippen LogP contribution in [0.2, 0.25) is 0 Å². The van der Waals surface area contributed by atoms with E-state index in [0.717, 1.165) is 25.7 Å². The molecule has 0 nitrogen and oxygen atoms in total. The van der Waals surface area contributed by atoms with Crippen LogP contribution in [-0.4, -0.2) is 0 Å². The van der Waals surface area contributed by atoms with Gasteiger partial charge < -0.3 is 0 Å². The van der Waals surface area contributed by atoms with Crippen molar-refractivity contribution in [2.45, 2.75) is 161 Å². The fourth-order valence-electron chi connectivity index (χ4n) is 3.96. The molecule has 0 bridgehead atoms. The maximum atomic E-state index is 3.91. The molecule has 0 atom stereocenters. The van der Waals surface area contributed by atoms with Gasteiger partial charge in [-0.2, -0.15) is 0 Å². The van der Waals surface area contributed by atoms with E-state index in [2.05, 4.69) is 25.7 Å². The van der Waals surface area contributed by atoms with Crippen LogP contribution >= 0.6 is 0 Å². The Hall–Kier alpha value is -0.440. The summed E-state index contributed by atoms with van der Waals surface area (Å²) in [6.07, 6.45) is 33.9. The van der Waals surface area contributed by atoms with Crippen molar-refractivity contribution in [3.8, 4) is 11.8 Å². The molecule has 0 fully saturated rings. The second-order valence-electron chi connectivity index (χ2n) is 8.99. The minimum absolute atomic E-state index is 1.10. The van der Waals surface area contributed by atoms with Crippen LogP contribution in [-0.2, 0) is 0 Å². The van der Waals surface area contributed by atoms with Gasteiger partial charge in [-0.05, 0) is 12.8 Å². The van der Waals surface area contributed by atoms with Gasteiger partial charge in [0.2, 0.25) is 0 Å². The predicted octanol–water partition coefficient (Wildman–Crippen LogP) is 10.4. The van der Waals surface area contributed by atoms with E-state index < -0.39 is 0 Å². The van der Waals surface area contributed by atoms with Crippen molar-refractivity contribution >= 4 is 0 Å². The van der Waals surface area contributed by atoms with Crippen LogP contribution in [0.4, 0.5) is 0 Å². The number of rotatable bonds is 23. The molecule has 0 aromatic heterocycles. The van der Waals surface area contributed by atoms with Crippen LogP contribution in [0.25, 0.3) is 0 Å². The van der Waals surface area contributed by atoms with E-state index in [1.165, 1.54) is 135 Å². The highest BCUT2D eigenvalue weighted by molar-refractivity contribution is 4.98. The molecular weight excluding hydrogens is 348 g/mol. The van der Waals surface area contributed by atoms with Crippen LogP contribution in [0.1, 0.15) is 161 Å². The van der Waals surface area contributed by atoms with Gasteiger partial charge in [0.1, 0.15) is 0 Å². The molecule has 0 unspecified atom stereocenters. The molecule has 0 saturated heterocycles. The van der Waals surface area contributed by atoms with Crippen molar-refractivity contribution in [2.75, 3.05) is 0 Å². The largest absolute Gasteiger partial charge is 0.103 e. The highest BCUT2D eigenvalue weighted by atomic mass is 14.0. The van der Waals surface area contributed by atoms with Gasteiger partial charge in [0, 0.05) is 12.8 Å². The van der Waals surface area contributed by atoms with Crippen molar-refractivity contribution in [1.29, 1.82) is 0 Å². The molecule has 0 heteroatoms. The Morgan fingerprint density at radius 1 is 0.276 bits per heavy atom. The van der Waals surface area contributed by atoms with Gasteiger partial charge in [0.25, 0.3) is 0 Å². The highest BCUT2D eigenvalue weighted by Gasteiger charge is 1.94. The number of hydrogen-bond acceptors (Lipinski definition) is 0. The Morgan fingerprint density at radius 3 is 0.724 bits per heavy atom. The first-order valence-electron chi connectivity index (χ1n) is 13.5. The molecule has 2 radical (unpaired) electrons. The standard InChI is InChI=1S/C29H54/c1-3-5-7-9-11-13-15-17-19-21-23-25-27-29-28-26-24-22-20-18-16-14-12-10-8-6-4-2/h1-19,21,23-29H2. The third kappa shape index (κ3) is 27.6. The summed E-state index contributed by atoms with van der Waals surface area (Å²) in [5.41, 5.74) is 0. The zero-order valence-corrected chi connectivity index (χ0v) is 20.1. The van der Waals surface area contributed by atoms with Crippen LogP contribution in [0.15, 0.2) is 0 Å². The third-order valence-electron chi connectivity index (χ3n) is 5.98. The first-order chi connectivity index (χ1) is 14.4. The van der Waals surface area contributed by atoms with Gasteiger partial charge >= 0.3 is 0 Å². The zero-order chi connectivity index (χ0) is 21.1. The van der Waals surface area contributed by atoms with E-state index in [0.29, 0.717) is 0 Å². The maximum absolute atomic E-state index is 3.91. The van der Waals surface area contributed by atoms with E-state index in [-0.39, 0.29) is 0 Å². The lowest BCUT2D eigenvalue weighted by Crippen LogP contribution is -1.83. The fourth-order valence-corrected chi connectivity index (χ4v) is 3.96. The highest BCUT2D eigenvalue weighted by Crippen LogP contribution is 2.14. The number of hydrogen-bond donors (Lipinski definition) is 0. The lowest BCUT2D eigenvalue weighted by Gasteiger charge is -2.03. The minimum atomic E-state index is 1.10. The SMILES string of the molecule is [CH2]CCCCCCCCC#CCCCCCCCCCCCCCCCCC[CH2]. The molecule has 0 aromatic carbocycles. The summed E-state index contributed by atoms with van der Waals surface area (Å²) in [6, 6.07) is 0. The molecular formula is C29H54. The molecule has 0 aliphatic heterocycles. The molecule has 0 aromatic rings. The second-order valence-corrected chi connectivity index (χ2v) is 8.99. The van der Waals surface area contributed by atoms with E-state index in [1.54, 1.807) is 0 Å². The summed E-state index contributed by atoms with van der Waals surface area (Å²) in [7, 11) is 0. The van der Waals surface area contributed by atoms with Gasteiger partial charge in [0.15, 0.2) is 0 Å². The summed E-state index contributed by atoms with van der Waals surface area (Å²) in [5.74, 6) is 6.76. The van der Waals surface area contributed by atoms with E-state index >= 15 is 0 Å². The average molecular weight is 403 g/mol. The van der Waals surface area contributed by atoms with Crippen molar-refractivity contribution in [3.63, 3.8) is 0 Å². The summed E-state index contributed by atoms with van der Waals surface area (Å²) in [6.45, 7) is 7.81. The summed E-state index contributed by atoms with van der Waals surface area (Å²) < 4.78 is 0. The molecule has 0 amide bonds. The van der Waals surface area contributed by atoms with Crippen LogP contribution in [0.3, 0.4) is 0 Å². The van der Waals surface area contributed by atoms with Gasteiger partial charge in [-0.3, -0.25) is 0 Å². The van der Waals surface area contributed by atoms with Crippen molar-refractivity contribution in [3.05, 3.63) is 13.8 Å². The lowest BCUT2D eigenvalue weighted by atomic mass is 10.0. The Morgan fingerprint density at radius 2 is 0.483 bits per heavy atom. The molecule has 0 rings (SSSR count). The quantitative estimate of drug-likeness (QED) is 0.118. The fraction of sp³-hybridized carbons (Fsp3) is 0.862. The predicted molar refractivity (Wildman–Crippen MR) is 134 cm³/mol. The molecule has 0 heterocycles. The maximum Gasteiger partial charge on any atom is 0.00886 e. The normalized spacial score (nSPS) is 10.8. The van der Waals surface area contributed by atoms with Crippen LogP contribution in [0, 0.1) is 25.7 Å². The van der Waals surface area contributed by atoms with Crippen LogP contribution < -0.4 is 0 Å². The Bertz CT molecular complexity index is 332. The van der Waals surface area contributed by atoms with E-state index in [9.17, 15) is 0 Å². The van der Waals surface area contributed by atoms with Gasteiger partial charge in [-0.15, -0.1) is 11.8 Å². The zero-order valence-electron chi connectivity index (χ0n) is 20.1. The lowest BCUT2D eigenvalue weighted by molar-refractivity contribution is 0.531. The van der Waals surface area contributed by atoms with Crippen LogP contribution in [0.5, 0.6) is 0 Å². The molecule has 0 saturated carbocycles. The van der Waals surface area contributed by atoms with Gasteiger partial charge in [-0.1, -0.05) is 149 Å². The number of unbranched alkanes of at least 4 members (excludes halogenated alkanes) is 23. The van der Waals surface area contributed by atoms with Gasteiger partial charge in [0.05, 0.1) is 0 Å². The molecule has 0 aliphatic rings. The Labute approximate surface area is 186 Å². The first-order valence-corrected chi connectivity index (χ1v) is 13.5. The Balaban J connectivity index is 3.07. The van der Waals surface area contributed by atoms with Gasteiger partial charge in [-0.25, -0.2) is 0 Å². The average Bonchev–Trinajstić information content (AvgIpc) is 2.74. The minimum Gasteiger partial charge on any atom is -0.103 e. The first kappa shape index (κ1) is 28.6. The summed E-state index contributed by atoms with van der Waals surface area (Å²) in [5, 5.41) is 0. The molecule has 29 heavy (non-hydrogen) atoms. The Kier molecular flexibility index (Phi) is 27.1. The molecule has 0 spiro atoms. The van der Waals surface area contributed by atoms with E-state index in [4.69, 9.17) is 0 Å². The monoisotopic (exact) mass is 402 g/mol. The third-order valence-corrected chi connectivity index (χ3v) is 5.98. The van der Waals surface area contributed by atoms with E-state index in [1.807, 2.05) is 0 Å². The van der Waals surface area contributed by atoms with Crippen molar-refractivity contribution < 1.29 is 0 Å². The smallest absolute Gasteiger partial charge is 0.00886 e. The van der Waals surface area contributed by atoms with Crippen molar-refractivity contribution in [1.82, 2.24) is 0 Å². The topological polar surface area (TPSA) is 0 Å². The summed E-state index contributed by atoms with van der Waals surface area (Å²) in [4.78, 5) is 0.